The Kier molecular flexibility index (Phi) is 5.56. The molecule has 1 aromatic rings. The van der Waals surface area contributed by atoms with Crippen LogP contribution in [-0.4, -0.2) is 23.1 Å². The lowest BCUT2D eigenvalue weighted by Gasteiger charge is -2.22. The molecule has 1 rings (SSSR count). The first kappa shape index (κ1) is 13.3. The van der Waals surface area contributed by atoms with Crippen LogP contribution in [0.25, 0.3) is 0 Å². The van der Waals surface area contributed by atoms with Crippen molar-refractivity contribution < 1.29 is 0 Å². The number of nitrogens with zero attached hydrogens (tertiary/aromatic N) is 1. The van der Waals surface area contributed by atoms with E-state index in [0.717, 1.165) is 29.8 Å². The first-order chi connectivity index (χ1) is 7.67. The van der Waals surface area contributed by atoms with E-state index in [1.54, 1.807) is 0 Å². The maximum atomic E-state index is 5.82. The molecule has 0 amide bonds. The van der Waals surface area contributed by atoms with Crippen molar-refractivity contribution >= 4 is 28.9 Å². The molecule has 0 saturated heterocycles. The molecule has 1 aromatic carbocycles. The van der Waals surface area contributed by atoms with Crippen LogP contribution in [0, 0.1) is 0 Å². The highest BCUT2D eigenvalue weighted by molar-refractivity contribution is 7.80. The zero-order valence-electron chi connectivity index (χ0n) is 9.66. The summed E-state index contributed by atoms with van der Waals surface area (Å²) in [4.78, 5) is 2.12. The second-order valence-electron chi connectivity index (χ2n) is 3.46. The molecule has 2 nitrogen and oxygen atoms in total. The molecule has 0 unspecified atom stereocenters. The smallest absolute Gasteiger partial charge is 0.169 e. The molecular formula is C12H17ClN2S. The summed E-state index contributed by atoms with van der Waals surface area (Å²) in [5.41, 5.74) is 1.18. The monoisotopic (exact) mass is 256 g/mol. The van der Waals surface area contributed by atoms with Crippen LogP contribution in [0.15, 0.2) is 24.3 Å². The molecule has 0 heterocycles. The Morgan fingerprint density at radius 3 is 2.31 bits per heavy atom. The summed E-state index contributed by atoms with van der Waals surface area (Å²) in [6.45, 7) is 6.80. The average Bonchev–Trinajstić information content (AvgIpc) is 2.30. The van der Waals surface area contributed by atoms with Gasteiger partial charge >= 0.3 is 0 Å². The fraction of sp³-hybridized carbons (Fsp3) is 0.417. The van der Waals surface area contributed by atoms with Crippen molar-refractivity contribution in [2.24, 2.45) is 0 Å². The Morgan fingerprint density at radius 1 is 1.25 bits per heavy atom. The predicted octanol–water partition coefficient (Wildman–Crippen LogP) is 3.06. The fourth-order valence-electron chi connectivity index (χ4n) is 1.40. The number of rotatable bonds is 4. The van der Waals surface area contributed by atoms with Crippen molar-refractivity contribution in [3.8, 4) is 0 Å². The summed E-state index contributed by atoms with van der Waals surface area (Å²) < 4.78 is 0. The molecule has 0 aliphatic heterocycles. The van der Waals surface area contributed by atoms with E-state index in [-0.39, 0.29) is 0 Å². The van der Waals surface area contributed by atoms with Crippen LogP contribution in [0.1, 0.15) is 19.4 Å². The highest BCUT2D eigenvalue weighted by atomic mass is 35.5. The van der Waals surface area contributed by atoms with Gasteiger partial charge in [0.25, 0.3) is 0 Å². The van der Waals surface area contributed by atoms with Crippen LogP contribution in [0.2, 0.25) is 5.02 Å². The van der Waals surface area contributed by atoms with Gasteiger partial charge in [-0.1, -0.05) is 23.7 Å². The van der Waals surface area contributed by atoms with Gasteiger partial charge in [-0.15, -0.1) is 0 Å². The van der Waals surface area contributed by atoms with Crippen LogP contribution in [0.5, 0.6) is 0 Å². The van der Waals surface area contributed by atoms with Gasteiger partial charge in [0.05, 0.1) is 0 Å². The van der Waals surface area contributed by atoms with Gasteiger partial charge in [0.15, 0.2) is 5.11 Å². The molecule has 0 bridgehead atoms. The summed E-state index contributed by atoms with van der Waals surface area (Å²) in [7, 11) is 0. The van der Waals surface area contributed by atoms with E-state index in [0.29, 0.717) is 0 Å². The highest BCUT2D eigenvalue weighted by Crippen LogP contribution is 2.09. The minimum atomic E-state index is 0.743. The van der Waals surface area contributed by atoms with Gasteiger partial charge in [-0.25, -0.2) is 0 Å². The first-order valence-corrected chi connectivity index (χ1v) is 6.23. The van der Waals surface area contributed by atoms with Gasteiger partial charge in [-0.3, -0.25) is 0 Å². The van der Waals surface area contributed by atoms with E-state index in [1.165, 1.54) is 5.56 Å². The summed E-state index contributed by atoms with van der Waals surface area (Å²) in [6, 6.07) is 7.78. The standard InChI is InChI=1S/C12H17ClN2S/c1-3-15(4-2)12(16)14-9-10-5-7-11(13)8-6-10/h5-8H,3-4,9H2,1-2H3,(H,14,16). The molecule has 4 heteroatoms. The molecule has 0 spiro atoms. The minimum Gasteiger partial charge on any atom is -0.358 e. The Labute approximate surface area is 108 Å². The van der Waals surface area contributed by atoms with Gasteiger partial charge in [-0.05, 0) is 43.8 Å². The molecule has 16 heavy (non-hydrogen) atoms. The van der Waals surface area contributed by atoms with E-state index in [1.807, 2.05) is 24.3 Å². The molecule has 0 atom stereocenters. The SMILES string of the molecule is CCN(CC)C(=S)NCc1ccc(Cl)cc1. The van der Waals surface area contributed by atoms with Gasteiger partial charge in [0, 0.05) is 24.7 Å². The number of hydrogen-bond acceptors (Lipinski definition) is 1. The third-order valence-electron chi connectivity index (χ3n) is 2.41. The molecule has 0 radical (unpaired) electrons. The van der Waals surface area contributed by atoms with Crippen LogP contribution >= 0.6 is 23.8 Å². The second kappa shape index (κ2) is 6.71. The Bertz CT molecular complexity index is 333. The third-order valence-corrected chi connectivity index (χ3v) is 3.06. The van der Waals surface area contributed by atoms with Crippen LogP contribution in [0.3, 0.4) is 0 Å². The predicted molar refractivity (Wildman–Crippen MR) is 73.8 cm³/mol. The van der Waals surface area contributed by atoms with E-state index in [2.05, 4.69) is 24.1 Å². The Balaban J connectivity index is 2.45. The van der Waals surface area contributed by atoms with Gasteiger partial charge in [0.1, 0.15) is 0 Å². The van der Waals surface area contributed by atoms with E-state index < -0.39 is 0 Å². The van der Waals surface area contributed by atoms with E-state index >= 15 is 0 Å². The van der Waals surface area contributed by atoms with Gasteiger partial charge < -0.3 is 10.2 Å². The molecule has 1 N–H and O–H groups in total. The normalized spacial score (nSPS) is 9.94. The summed E-state index contributed by atoms with van der Waals surface area (Å²) in [5.74, 6) is 0. The summed E-state index contributed by atoms with van der Waals surface area (Å²) >= 11 is 11.1. The van der Waals surface area contributed by atoms with E-state index in [9.17, 15) is 0 Å². The lowest BCUT2D eigenvalue weighted by Crippen LogP contribution is -2.39. The zero-order valence-corrected chi connectivity index (χ0v) is 11.2. The van der Waals surface area contributed by atoms with Crippen LogP contribution in [-0.2, 0) is 6.54 Å². The Hall–Kier alpha value is -0.800. The number of benzene rings is 1. The number of thiocarbonyl (C=S) groups is 1. The third kappa shape index (κ3) is 3.99. The number of nitrogens with one attached hydrogen (secondary N) is 1. The maximum Gasteiger partial charge on any atom is 0.169 e. The summed E-state index contributed by atoms with van der Waals surface area (Å²) in [5, 5.41) is 4.80. The zero-order chi connectivity index (χ0) is 12.0. The largest absolute Gasteiger partial charge is 0.358 e. The van der Waals surface area contributed by atoms with Gasteiger partial charge in [0.2, 0.25) is 0 Å². The first-order valence-electron chi connectivity index (χ1n) is 5.44. The molecule has 0 aromatic heterocycles. The lowest BCUT2D eigenvalue weighted by atomic mass is 10.2. The fourth-order valence-corrected chi connectivity index (χ4v) is 1.86. The van der Waals surface area contributed by atoms with Crippen molar-refractivity contribution in [2.45, 2.75) is 20.4 Å². The maximum absolute atomic E-state index is 5.82. The highest BCUT2D eigenvalue weighted by Gasteiger charge is 2.03. The Morgan fingerprint density at radius 2 is 1.81 bits per heavy atom. The quantitative estimate of drug-likeness (QED) is 0.834. The van der Waals surface area contributed by atoms with Crippen molar-refractivity contribution in [3.05, 3.63) is 34.9 Å². The van der Waals surface area contributed by atoms with Crippen molar-refractivity contribution in [3.63, 3.8) is 0 Å². The molecule has 0 fully saturated rings. The van der Waals surface area contributed by atoms with Crippen molar-refractivity contribution in [2.75, 3.05) is 13.1 Å². The lowest BCUT2D eigenvalue weighted by molar-refractivity contribution is 0.456. The van der Waals surface area contributed by atoms with Crippen molar-refractivity contribution in [1.29, 1.82) is 0 Å². The molecule has 0 saturated carbocycles. The second-order valence-corrected chi connectivity index (χ2v) is 4.28. The molecule has 0 aliphatic carbocycles. The summed E-state index contributed by atoms with van der Waals surface area (Å²) in [6.07, 6.45) is 0. The number of halogens is 1. The minimum absolute atomic E-state index is 0.743. The van der Waals surface area contributed by atoms with E-state index in [4.69, 9.17) is 23.8 Å². The van der Waals surface area contributed by atoms with Crippen molar-refractivity contribution in [1.82, 2.24) is 10.2 Å². The molecule has 0 aliphatic rings. The van der Waals surface area contributed by atoms with Crippen LogP contribution < -0.4 is 5.32 Å². The average molecular weight is 257 g/mol. The van der Waals surface area contributed by atoms with Crippen LogP contribution in [0.4, 0.5) is 0 Å². The molecule has 88 valence electrons. The number of hydrogen-bond donors (Lipinski definition) is 1. The molecular weight excluding hydrogens is 240 g/mol. The van der Waals surface area contributed by atoms with Gasteiger partial charge in [-0.2, -0.15) is 0 Å². The topological polar surface area (TPSA) is 15.3 Å².